The second-order valence-electron chi connectivity index (χ2n) is 4.10. The van der Waals surface area contributed by atoms with Gasteiger partial charge < -0.3 is 20.1 Å². The molecule has 5 nitrogen and oxygen atoms in total. The first kappa shape index (κ1) is 10.7. The van der Waals surface area contributed by atoms with E-state index in [0.717, 1.165) is 38.8 Å². The smallest absolute Gasteiger partial charge is 0.409 e. The molecule has 1 saturated heterocycles. The zero-order chi connectivity index (χ0) is 10.5. The Balaban J connectivity index is 1.54. The summed E-state index contributed by atoms with van der Waals surface area (Å²) in [5.41, 5.74) is 0. The molecule has 1 atom stereocenters. The number of rotatable bonds is 4. The standard InChI is InChI=1S/C10H18N2O3/c13-10(15-7-14-9-3-4-9)12-8-2-1-5-11-6-8/h8-9,11H,1-7H2,(H,12,13). The maximum Gasteiger partial charge on any atom is 0.409 e. The van der Waals surface area contributed by atoms with Gasteiger partial charge in [-0.1, -0.05) is 0 Å². The summed E-state index contributed by atoms with van der Waals surface area (Å²) < 4.78 is 10.1. The Morgan fingerprint density at radius 3 is 2.93 bits per heavy atom. The largest absolute Gasteiger partial charge is 0.422 e. The fourth-order valence-electron chi connectivity index (χ4n) is 1.60. The lowest BCUT2D eigenvalue weighted by Gasteiger charge is -2.23. The van der Waals surface area contributed by atoms with E-state index in [0.29, 0.717) is 6.10 Å². The minimum atomic E-state index is -0.371. The molecule has 2 fully saturated rings. The molecule has 5 heteroatoms. The van der Waals surface area contributed by atoms with Gasteiger partial charge in [0.1, 0.15) is 0 Å². The Morgan fingerprint density at radius 1 is 1.40 bits per heavy atom. The average molecular weight is 214 g/mol. The molecule has 0 radical (unpaired) electrons. The highest BCUT2D eigenvalue weighted by Crippen LogP contribution is 2.22. The summed E-state index contributed by atoms with van der Waals surface area (Å²) in [5.74, 6) is 0. The second kappa shape index (κ2) is 5.32. The van der Waals surface area contributed by atoms with Crippen molar-refractivity contribution in [3.63, 3.8) is 0 Å². The van der Waals surface area contributed by atoms with Gasteiger partial charge in [-0.15, -0.1) is 0 Å². The molecule has 2 aliphatic rings. The van der Waals surface area contributed by atoms with E-state index in [4.69, 9.17) is 9.47 Å². The van der Waals surface area contributed by atoms with E-state index in [9.17, 15) is 4.79 Å². The number of ether oxygens (including phenoxy) is 2. The minimum Gasteiger partial charge on any atom is -0.422 e. The number of alkyl carbamates (subject to hydrolysis) is 1. The molecule has 1 aliphatic heterocycles. The van der Waals surface area contributed by atoms with Crippen molar-refractivity contribution in [2.45, 2.75) is 37.8 Å². The first-order valence-corrected chi connectivity index (χ1v) is 5.60. The Kier molecular flexibility index (Phi) is 3.80. The van der Waals surface area contributed by atoms with Gasteiger partial charge in [0, 0.05) is 12.6 Å². The Bertz CT molecular complexity index is 213. The summed E-state index contributed by atoms with van der Waals surface area (Å²) >= 11 is 0. The zero-order valence-corrected chi connectivity index (χ0v) is 8.83. The minimum absolute atomic E-state index is 0.0800. The molecule has 2 rings (SSSR count). The predicted octanol–water partition coefficient (Wildman–Crippen LogP) is 0.601. The van der Waals surface area contributed by atoms with Crippen LogP contribution in [0.1, 0.15) is 25.7 Å². The third kappa shape index (κ3) is 4.05. The van der Waals surface area contributed by atoms with Crippen molar-refractivity contribution in [2.75, 3.05) is 19.9 Å². The highest BCUT2D eigenvalue weighted by Gasteiger charge is 2.22. The van der Waals surface area contributed by atoms with Crippen LogP contribution >= 0.6 is 0 Å². The second-order valence-corrected chi connectivity index (χ2v) is 4.10. The van der Waals surface area contributed by atoms with Crippen LogP contribution in [0.3, 0.4) is 0 Å². The predicted molar refractivity (Wildman–Crippen MR) is 54.5 cm³/mol. The molecule has 0 spiro atoms. The lowest BCUT2D eigenvalue weighted by atomic mass is 10.1. The molecule has 1 aliphatic carbocycles. The van der Waals surface area contributed by atoms with Gasteiger partial charge in [-0.05, 0) is 32.2 Å². The number of hydrogen-bond donors (Lipinski definition) is 2. The molecule has 1 unspecified atom stereocenters. The fourth-order valence-corrected chi connectivity index (χ4v) is 1.60. The Hall–Kier alpha value is -0.810. The summed E-state index contributed by atoms with van der Waals surface area (Å²) in [6.07, 6.45) is 4.27. The maximum absolute atomic E-state index is 11.3. The number of hydrogen-bond acceptors (Lipinski definition) is 4. The molecule has 0 aromatic rings. The van der Waals surface area contributed by atoms with Gasteiger partial charge in [0.15, 0.2) is 6.79 Å². The number of carbonyl (C=O) groups excluding carboxylic acids is 1. The van der Waals surface area contributed by atoms with E-state index in [1.165, 1.54) is 0 Å². The van der Waals surface area contributed by atoms with Crippen LogP contribution in [0.15, 0.2) is 0 Å². The normalized spacial score (nSPS) is 26.0. The summed E-state index contributed by atoms with van der Waals surface area (Å²) in [6, 6.07) is 0.201. The van der Waals surface area contributed by atoms with Crippen LogP contribution in [0.25, 0.3) is 0 Å². The summed E-state index contributed by atoms with van der Waals surface area (Å²) in [5, 5.41) is 6.03. The van der Waals surface area contributed by atoms with E-state index < -0.39 is 0 Å². The van der Waals surface area contributed by atoms with E-state index in [1.54, 1.807) is 0 Å². The fraction of sp³-hybridized carbons (Fsp3) is 0.900. The molecule has 86 valence electrons. The molecule has 1 amide bonds. The van der Waals surface area contributed by atoms with Gasteiger partial charge >= 0.3 is 6.09 Å². The molecular formula is C10H18N2O3. The summed E-state index contributed by atoms with van der Waals surface area (Å²) in [6.45, 7) is 1.95. The third-order valence-electron chi connectivity index (χ3n) is 2.64. The first-order valence-electron chi connectivity index (χ1n) is 5.60. The average Bonchev–Trinajstić information content (AvgIpc) is 3.03. The van der Waals surface area contributed by atoms with Gasteiger partial charge in [0.25, 0.3) is 0 Å². The van der Waals surface area contributed by atoms with Crippen molar-refractivity contribution in [3.8, 4) is 0 Å². The van der Waals surface area contributed by atoms with Gasteiger partial charge in [-0.25, -0.2) is 4.79 Å². The van der Waals surface area contributed by atoms with Crippen molar-refractivity contribution < 1.29 is 14.3 Å². The van der Waals surface area contributed by atoms with Crippen LogP contribution < -0.4 is 10.6 Å². The van der Waals surface area contributed by atoms with Gasteiger partial charge in [-0.2, -0.15) is 0 Å². The van der Waals surface area contributed by atoms with Crippen molar-refractivity contribution >= 4 is 6.09 Å². The van der Waals surface area contributed by atoms with E-state index >= 15 is 0 Å². The monoisotopic (exact) mass is 214 g/mol. The van der Waals surface area contributed by atoms with Gasteiger partial charge in [0.05, 0.1) is 6.10 Å². The SMILES string of the molecule is O=C(NC1CCCNC1)OCOC1CC1. The van der Waals surface area contributed by atoms with Crippen molar-refractivity contribution in [1.29, 1.82) is 0 Å². The number of carbonyl (C=O) groups is 1. The molecule has 0 bridgehead atoms. The van der Waals surface area contributed by atoms with Crippen molar-refractivity contribution in [2.24, 2.45) is 0 Å². The van der Waals surface area contributed by atoms with Crippen molar-refractivity contribution in [3.05, 3.63) is 0 Å². The molecule has 2 N–H and O–H groups in total. The summed E-state index contributed by atoms with van der Waals surface area (Å²) in [7, 11) is 0. The van der Waals surface area contributed by atoms with Gasteiger partial charge in [-0.3, -0.25) is 0 Å². The zero-order valence-electron chi connectivity index (χ0n) is 8.83. The number of nitrogens with one attached hydrogen (secondary N) is 2. The Morgan fingerprint density at radius 2 is 2.27 bits per heavy atom. The maximum atomic E-state index is 11.3. The molecular weight excluding hydrogens is 196 g/mol. The molecule has 0 aromatic carbocycles. The molecule has 1 saturated carbocycles. The molecule has 0 aromatic heterocycles. The van der Waals surface area contributed by atoms with Gasteiger partial charge in [0.2, 0.25) is 0 Å². The first-order chi connectivity index (χ1) is 7.34. The van der Waals surface area contributed by atoms with E-state index in [1.807, 2.05) is 0 Å². The van der Waals surface area contributed by atoms with Crippen LogP contribution in [-0.2, 0) is 9.47 Å². The lowest BCUT2D eigenvalue weighted by molar-refractivity contribution is -0.0246. The number of piperidine rings is 1. The van der Waals surface area contributed by atoms with Crippen LogP contribution in [0, 0.1) is 0 Å². The quantitative estimate of drug-likeness (QED) is 0.673. The molecule has 1 heterocycles. The topological polar surface area (TPSA) is 59.6 Å². The van der Waals surface area contributed by atoms with Crippen LogP contribution in [0.5, 0.6) is 0 Å². The third-order valence-corrected chi connectivity index (χ3v) is 2.64. The molecule has 15 heavy (non-hydrogen) atoms. The Labute approximate surface area is 89.5 Å². The highest BCUT2D eigenvalue weighted by molar-refractivity contribution is 5.67. The van der Waals surface area contributed by atoms with E-state index in [2.05, 4.69) is 10.6 Å². The van der Waals surface area contributed by atoms with Crippen LogP contribution in [-0.4, -0.2) is 38.1 Å². The van der Waals surface area contributed by atoms with Crippen LogP contribution in [0.2, 0.25) is 0 Å². The lowest BCUT2D eigenvalue weighted by Crippen LogP contribution is -2.45. The highest BCUT2D eigenvalue weighted by atomic mass is 16.7. The van der Waals surface area contributed by atoms with E-state index in [-0.39, 0.29) is 18.9 Å². The van der Waals surface area contributed by atoms with Crippen LogP contribution in [0.4, 0.5) is 4.79 Å². The van der Waals surface area contributed by atoms with Crippen molar-refractivity contribution in [1.82, 2.24) is 10.6 Å². The summed E-state index contributed by atoms with van der Waals surface area (Å²) in [4.78, 5) is 11.3. The number of amides is 1.